The van der Waals surface area contributed by atoms with Crippen LogP contribution < -0.4 is 0 Å². The second kappa shape index (κ2) is 7.06. The van der Waals surface area contributed by atoms with E-state index in [2.05, 4.69) is 4.98 Å². The van der Waals surface area contributed by atoms with Gasteiger partial charge in [-0.15, -0.1) is 0 Å². The van der Waals surface area contributed by atoms with Gasteiger partial charge in [0.25, 0.3) is 10.2 Å². The summed E-state index contributed by atoms with van der Waals surface area (Å²) in [7, 11) is -3.38. The molecule has 0 unspecified atom stereocenters. The smallest absolute Gasteiger partial charge is 0.260 e. The fourth-order valence-electron chi connectivity index (χ4n) is 3.47. The van der Waals surface area contributed by atoms with Gasteiger partial charge in [0.1, 0.15) is 0 Å². The van der Waals surface area contributed by atoms with Gasteiger partial charge in [-0.25, -0.2) is 0 Å². The molecule has 5 nitrogen and oxygen atoms in total. The molecule has 2 aliphatic rings. The summed E-state index contributed by atoms with van der Waals surface area (Å²) in [5.74, 6) is 0. The van der Waals surface area contributed by atoms with Gasteiger partial charge in [0.05, 0.1) is 11.7 Å². The average molecular weight is 323 g/mol. The Morgan fingerprint density at radius 3 is 2.36 bits per heavy atom. The summed E-state index contributed by atoms with van der Waals surface area (Å²) in [5.41, 5.74) is 0.876. The second-order valence-corrected chi connectivity index (χ2v) is 8.08. The van der Waals surface area contributed by atoms with Crippen LogP contribution in [0.1, 0.15) is 56.7 Å². The summed E-state index contributed by atoms with van der Waals surface area (Å²) in [6, 6.07) is 5.65. The molecule has 0 N–H and O–H groups in total. The molecular formula is C16H25N3O2S. The molecule has 1 aromatic heterocycles. The molecular weight excluding hydrogens is 298 g/mol. The molecule has 0 spiro atoms. The van der Waals surface area contributed by atoms with Gasteiger partial charge in [-0.2, -0.15) is 17.0 Å². The van der Waals surface area contributed by atoms with Crippen molar-refractivity contribution in [2.45, 2.75) is 51.0 Å². The van der Waals surface area contributed by atoms with Gasteiger partial charge in [-0.1, -0.05) is 25.3 Å². The third-order valence-electron chi connectivity index (χ3n) is 4.67. The first-order chi connectivity index (χ1) is 10.7. The summed E-state index contributed by atoms with van der Waals surface area (Å²) in [4.78, 5) is 4.41. The van der Waals surface area contributed by atoms with Crippen LogP contribution in [0.5, 0.6) is 0 Å². The zero-order chi connectivity index (χ0) is 15.4. The molecule has 3 rings (SSSR count). The fourth-order valence-corrected chi connectivity index (χ4v) is 5.38. The molecule has 6 heteroatoms. The van der Waals surface area contributed by atoms with Crippen LogP contribution in [-0.2, 0) is 10.2 Å². The normalized spacial score (nSPS) is 25.7. The lowest BCUT2D eigenvalue weighted by molar-refractivity contribution is 0.230. The fraction of sp³-hybridized carbons (Fsp3) is 0.688. The Morgan fingerprint density at radius 1 is 0.955 bits per heavy atom. The quantitative estimate of drug-likeness (QED) is 0.859. The Bertz CT molecular complexity index is 568. The lowest BCUT2D eigenvalue weighted by Gasteiger charge is -2.37. The highest BCUT2D eigenvalue weighted by atomic mass is 32.2. The van der Waals surface area contributed by atoms with Crippen LogP contribution >= 0.6 is 0 Å². The van der Waals surface area contributed by atoms with Crippen LogP contribution in [0, 0.1) is 0 Å². The number of aromatic nitrogens is 1. The Morgan fingerprint density at radius 2 is 1.68 bits per heavy atom. The Hall–Kier alpha value is -0.980. The van der Waals surface area contributed by atoms with Crippen molar-refractivity contribution in [1.82, 2.24) is 13.6 Å². The van der Waals surface area contributed by atoms with Crippen molar-refractivity contribution in [3.8, 4) is 0 Å². The number of hydrogen-bond acceptors (Lipinski definition) is 3. The predicted molar refractivity (Wildman–Crippen MR) is 86.5 cm³/mol. The largest absolute Gasteiger partial charge is 0.282 e. The van der Waals surface area contributed by atoms with E-state index in [4.69, 9.17) is 0 Å². The minimum atomic E-state index is -3.38. The monoisotopic (exact) mass is 323 g/mol. The third kappa shape index (κ3) is 3.34. The van der Waals surface area contributed by atoms with Crippen molar-refractivity contribution in [3.63, 3.8) is 0 Å². The Kier molecular flexibility index (Phi) is 5.10. The van der Waals surface area contributed by atoms with Crippen LogP contribution in [0.2, 0.25) is 0 Å². The second-order valence-electron chi connectivity index (χ2n) is 6.20. The molecule has 0 radical (unpaired) electrons. The number of hydrogen-bond donors (Lipinski definition) is 0. The van der Waals surface area contributed by atoms with Crippen molar-refractivity contribution in [2.24, 2.45) is 0 Å². The number of piperidine rings is 1. The van der Waals surface area contributed by atoms with E-state index in [1.54, 1.807) is 14.8 Å². The number of pyridine rings is 1. The molecule has 3 heterocycles. The Labute approximate surface area is 133 Å². The average Bonchev–Trinajstić information content (AvgIpc) is 2.85. The molecule has 1 atom stereocenters. The minimum Gasteiger partial charge on any atom is -0.260 e. The first-order valence-electron chi connectivity index (χ1n) is 8.37. The highest BCUT2D eigenvalue weighted by Crippen LogP contribution is 2.33. The molecule has 1 aromatic rings. The molecule has 122 valence electrons. The predicted octanol–water partition coefficient (Wildman–Crippen LogP) is 2.73. The van der Waals surface area contributed by atoms with Crippen LogP contribution in [0.3, 0.4) is 0 Å². The van der Waals surface area contributed by atoms with E-state index in [9.17, 15) is 8.42 Å². The van der Waals surface area contributed by atoms with Crippen LogP contribution in [0.15, 0.2) is 24.4 Å². The first kappa shape index (κ1) is 15.9. The summed E-state index contributed by atoms with van der Waals surface area (Å²) in [5, 5.41) is 0. The lowest BCUT2D eigenvalue weighted by Crippen LogP contribution is -2.47. The standard InChI is InChI=1S/C16H25N3O2S/c20-22(21,18-12-6-1-2-7-13-18)19-14-8-4-10-16(19)15-9-3-5-11-17-15/h3,5,9,11,16H,1-2,4,6-8,10,12-14H2/t16-/m1/s1. The van der Waals surface area contributed by atoms with Crippen molar-refractivity contribution in [2.75, 3.05) is 19.6 Å². The zero-order valence-electron chi connectivity index (χ0n) is 13.0. The van der Waals surface area contributed by atoms with Gasteiger partial charge in [-0.05, 0) is 37.8 Å². The summed E-state index contributed by atoms with van der Waals surface area (Å²) in [6.45, 7) is 1.93. The summed E-state index contributed by atoms with van der Waals surface area (Å²) < 4.78 is 29.6. The maximum atomic E-state index is 13.1. The zero-order valence-corrected chi connectivity index (χ0v) is 13.8. The van der Waals surface area contributed by atoms with Crippen molar-refractivity contribution >= 4 is 10.2 Å². The molecule has 0 aliphatic carbocycles. The summed E-state index contributed by atoms with van der Waals surface area (Å²) in [6.07, 6.45) is 8.84. The van der Waals surface area contributed by atoms with Crippen LogP contribution in [0.4, 0.5) is 0 Å². The number of rotatable bonds is 3. The molecule has 2 fully saturated rings. The third-order valence-corrected chi connectivity index (χ3v) is 6.72. The first-order valence-corrected chi connectivity index (χ1v) is 9.77. The minimum absolute atomic E-state index is 0.108. The highest BCUT2D eigenvalue weighted by Gasteiger charge is 2.37. The van der Waals surface area contributed by atoms with Crippen LogP contribution in [0.25, 0.3) is 0 Å². The molecule has 0 aromatic carbocycles. The SMILES string of the molecule is O=S(=O)(N1CCCCCC1)N1CCCC[C@@H]1c1ccccn1. The van der Waals surface area contributed by atoms with Crippen molar-refractivity contribution in [1.29, 1.82) is 0 Å². The van der Waals surface area contributed by atoms with Crippen LogP contribution in [-0.4, -0.2) is 41.6 Å². The molecule has 2 saturated heterocycles. The van der Waals surface area contributed by atoms with Crippen molar-refractivity contribution in [3.05, 3.63) is 30.1 Å². The van der Waals surface area contributed by atoms with Gasteiger partial charge >= 0.3 is 0 Å². The molecule has 0 bridgehead atoms. The van der Waals surface area contributed by atoms with E-state index in [1.807, 2.05) is 18.2 Å². The molecule has 2 aliphatic heterocycles. The molecule has 22 heavy (non-hydrogen) atoms. The highest BCUT2D eigenvalue weighted by molar-refractivity contribution is 7.86. The molecule has 0 saturated carbocycles. The van der Waals surface area contributed by atoms with E-state index < -0.39 is 10.2 Å². The van der Waals surface area contributed by atoms with E-state index in [1.165, 1.54) is 0 Å². The summed E-state index contributed by atoms with van der Waals surface area (Å²) >= 11 is 0. The van der Waals surface area contributed by atoms with E-state index in [-0.39, 0.29) is 6.04 Å². The maximum Gasteiger partial charge on any atom is 0.282 e. The van der Waals surface area contributed by atoms with E-state index in [0.29, 0.717) is 19.6 Å². The van der Waals surface area contributed by atoms with Gasteiger partial charge in [0.2, 0.25) is 0 Å². The Balaban J connectivity index is 1.86. The van der Waals surface area contributed by atoms with Gasteiger partial charge in [-0.3, -0.25) is 4.98 Å². The molecule has 0 amide bonds. The maximum absolute atomic E-state index is 13.1. The van der Waals surface area contributed by atoms with Gasteiger partial charge in [0.15, 0.2) is 0 Å². The van der Waals surface area contributed by atoms with E-state index in [0.717, 1.165) is 50.6 Å². The van der Waals surface area contributed by atoms with E-state index >= 15 is 0 Å². The number of nitrogens with zero attached hydrogens (tertiary/aromatic N) is 3. The lowest BCUT2D eigenvalue weighted by atomic mass is 10.0. The van der Waals surface area contributed by atoms with Gasteiger partial charge in [0, 0.05) is 25.8 Å². The topological polar surface area (TPSA) is 53.5 Å². The van der Waals surface area contributed by atoms with Gasteiger partial charge < -0.3 is 0 Å². The van der Waals surface area contributed by atoms with Crippen molar-refractivity contribution < 1.29 is 8.42 Å².